The number of nitrogens with one attached hydrogen (secondary N) is 1. The average molecular weight is 908 g/mol. The molecule has 370 valence electrons. The van der Waals surface area contributed by atoms with Gasteiger partial charge in [0.15, 0.2) is 0 Å². The fourth-order valence-corrected chi connectivity index (χ4v) is 8.26. The third kappa shape index (κ3) is 48.2. The van der Waals surface area contributed by atoms with Crippen LogP contribution in [0.1, 0.15) is 239 Å². The number of rotatable bonds is 48. The number of likely N-dealkylation sites (N-methyl/N-ethyl adjacent to an activating group) is 1. The second kappa shape index (κ2) is 45.6. The van der Waals surface area contributed by atoms with Crippen LogP contribution in [0.2, 0.25) is 0 Å². The van der Waals surface area contributed by atoms with Crippen molar-refractivity contribution in [3.05, 3.63) is 48.6 Å². The quantitative estimate of drug-likeness (QED) is 0.0243. The monoisotopic (exact) mass is 908 g/mol. The summed E-state index contributed by atoms with van der Waals surface area (Å²) in [6, 6.07) is -0.873. The minimum Gasteiger partial charge on any atom is -0.387 e. The molecule has 0 saturated heterocycles. The predicted octanol–water partition coefficient (Wildman–Crippen LogP) is 15.6. The summed E-state index contributed by atoms with van der Waals surface area (Å²) < 4.78 is 23.6. The van der Waals surface area contributed by atoms with Gasteiger partial charge in [-0.05, 0) is 64.2 Å². The Kier molecular flexibility index (Phi) is 44.5. The minimum atomic E-state index is -4.35. The molecule has 0 radical (unpaired) electrons. The van der Waals surface area contributed by atoms with Gasteiger partial charge in [-0.2, -0.15) is 0 Å². The summed E-state index contributed by atoms with van der Waals surface area (Å²) in [7, 11) is 1.54. The van der Waals surface area contributed by atoms with E-state index in [-0.39, 0.29) is 19.1 Å². The van der Waals surface area contributed by atoms with Gasteiger partial charge in [0.1, 0.15) is 13.2 Å². The van der Waals surface area contributed by atoms with Crippen LogP contribution in [0.5, 0.6) is 0 Å². The molecule has 0 aliphatic rings. The van der Waals surface area contributed by atoms with Crippen molar-refractivity contribution in [1.82, 2.24) is 5.32 Å². The second-order valence-electron chi connectivity index (χ2n) is 19.2. The molecule has 3 unspecified atom stereocenters. The normalized spacial score (nSPS) is 14.5. The van der Waals surface area contributed by atoms with Crippen molar-refractivity contribution in [2.75, 3.05) is 40.9 Å². The first-order valence-electron chi connectivity index (χ1n) is 26.5. The highest BCUT2D eigenvalue weighted by Gasteiger charge is 2.27. The Morgan fingerprint density at radius 2 is 0.889 bits per heavy atom. The summed E-state index contributed by atoms with van der Waals surface area (Å²) in [5.41, 5.74) is 0. The first kappa shape index (κ1) is 61.5. The molecule has 3 N–H and O–H groups in total. The summed E-state index contributed by atoms with van der Waals surface area (Å²) in [5, 5.41) is 13.8. The number of unbranched alkanes of at least 4 members (excludes halogenated alkanes) is 29. The van der Waals surface area contributed by atoms with E-state index in [1.165, 1.54) is 148 Å². The number of phosphoric acid groups is 1. The van der Waals surface area contributed by atoms with Crippen molar-refractivity contribution in [3.8, 4) is 0 Å². The van der Waals surface area contributed by atoms with Crippen LogP contribution >= 0.6 is 7.82 Å². The van der Waals surface area contributed by atoms with E-state index in [1.807, 2.05) is 27.2 Å². The third-order valence-electron chi connectivity index (χ3n) is 11.7. The number of aliphatic hydroxyl groups is 1. The van der Waals surface area contributed by atoms with Gasteiger partial charge < -0.3 is 19.8 Å². The SMILES string of the molecule is CCCC/C=C\CCCCCCCC(=O)NC(COP(=O)(O)OCC[N+](C)(C)C)C(O)/C=C/CC/C=C/CC/C=C/CCCCCCCCCCCCCCCCCCCCCC. The molecular weight excluding hydrogens is 804 g/mol. The molecule has 0 aromatic rings. The fourth-order valence-electron chi connectivity index (χ4n) is 7.53. The van der Waals surface area contributed by atoms with Crippen molar-refractivity contribution in [2.45, 2.75) is 251 Å². The van der Waals surface area contributed by atoms with E-state index < -0.39 is 20.0 Å². The molecule has 0 spiro atoms. The van der Waals surface area contributed by atoms with Crippen LogP contribution in [0.25, 0.3) is 0 Å². The minimum absolute atomic E-state index is 0.0510. The number of aliphatic hydroxyl groups excluding tert-OH is 1. The summed E-state index contributed by atoms with van der Waals surface area (Å²) in [6.07, 6.45) is 59.4. The molecule has 0 heterocycles. The molecule has 0 saturated carbocycles. The first-order chi connectivity index (χ1) is 30.5. The largest absolute Gasteiger partial charge is 0.472 e. The van der Waals surface area contributed by atoms with E-state index in [4.69, 9.17) is 9.05 Å². The van der Waals surface area contributed by atoms with Crippen LogP contribution in [0.4, 0.5) is 0 Å². The van der Waals surface area contributed by atoms with Crippen molar-refractivity contribution in [2.24, 2.45) is 0 Å². The molecule has 0 aromatic heterocycles. The highest BCUT2D eigenvalue weighted by molar-refractivity contribution is 7.47. The Labute approximate surface area is 390 Å². The van der Waals surface area contributed by atoms with Crippen molar-refractivity contribution >= 4 is 13.7 Å². The van der Waals surface area contributed by atoms with Crippen LogP contribution in [-0.4, -0.2) is 73.4 Å². The van der Waals surface area contributed by atoms with Gasteiger partial charge in [0, 0.05) is 6.42 Å². The Hall–Kier alpha value is -1.54. The van der Waals surface area contributed by atoms with Crippen molar-refractivity contribution in [1.29, 1.82) is 0 Å². The van der Waals surface area contributed by atoms with Crippen LogP contribution in [0.3, 0.4) is 0 Å². The molecule has 8 nitrogen and oxygen atoms in total. The van der Waals surface area contributed by atoms with Gasteiger partial charge in [-0.1, -0.05) is 217 Å². The Bertz CT molecular complexity index is 1170. The van der Waals surface area contributed by atoms with E-state index in [9.17, 15) is 19.4 Å². The van der Waals surface area contributed by atoms with Crippen LogP contribution in [0, 0.1) is 0 Å². The standard InChI is InChI=1S/C54H103N2O6P/c1-6-8-10-12-14-16-18-19-20-21-22-23-24-25-26-27-28-29-30-31-32-33-34-35-36-38-39-41-43-45-47-53(57)52(51-62-63(59,60)61-50-49-56(3,4)5)55-54(58)48-46-44-42-40-37-17-15-13-11-9-7-2/h13,15,33-34,38-39,45,47,52-53,57H,6-12,14,16-32,35-37,40-44,46,48-51H2,1-5H3,(H-,55,58,59,60)/p+1/b15-13-,34-33+,39-38+,47-45+. The van der Waals surface area contributed by atoms with Crippen LogP contribution < -0.4 is 5.32 Å². The number of quaternary nitrogens is 1. The maximum atomic E-state index is 12.8. The molecule has 0 rings (SSSR count). The average Bonchev–Trinajstić information content (AvgIpc) is 3.24. The van der Waals surface area contributed by atoms with Crippen LogP contribution in [0.15, 0.2) is 48.6 Å². The molecule has 9 heteroatoms. The van der Waals surface area contributed by atoms with E-state index in [2.05, 4.69) is 55.6 Å². The van der Waals surface area contributed by atoms with Gasteiger partial charge >= 0.3 is 7.82 Å². The molecule has 63 heavy (non-hydrogen) atoms. The molecule has 1 amide bonds. The lowest BCUT2D eigenvalue weighted by Gasteiger charge is -2.25. The number of hydrogen-bond donors (Lipinski definition) is 3. The summed E-state index contributed by atoms with van der Waals surface area (Å²) in [4.78, 5) is 23.1. The number of carbonyl (C=O) groups excluding carboxylic acids is 1. The maximum Gasteiger partial charge on any atom is 0.472 e. The number of phosphoric ester groups is 1. The molecule has 3 atom stereocenters. The van der Waals surface area contributed by atoms with Gasteiger partial charge in [-0.25, -0.2) is 4.57 Å². The van der Waals surface area contributed by atoms with Crippen molar-refractivity contribution < 1.29 is 32.9 Å². The zero-order valence-electron chi connectivity index (χ0n) is 42.1. The smallest absolute Gasteiger partial charge is 0.387 e. The summed E-state index contributed by atoms with van der Waals surface area (Å²) >= 11 is 0. The summed E-state index contributed by atoms with van der Waals surface area (Å²) in [5.74, 6) is -0.202. The number of carbonyl (C=O) groups is 1. The van der Waals surface area contributed by atoms with E-state index >= 15 is 0 Å². The van der Waals surface area contributed by atoms with Crippen LogP contribution in [-0.2, 0) is 18.4 Å². The van der Waals surface area contributed by atoms with Gasteiger partial charge in [0.25, 0.3) is 0 Å². The van der Waals surface area contributed by atoms with E-state index in [0.29, 0.717) is 17.4 Å². The highest BCUT2D eigenvalue weighted by Crippen LogP contribution is 2.43. The van der Waals surface area contributed by atoms with Gasteiger partial charge in [0.2, 0.25) is 5.91 Å². The third-order valence-corrected chi connectivity index (χ3v) is 12.7. The zero-order valence-corrected chi connectivity index (χ0v) is 43.0. The Morgan fingerprint density at radius 1 is 0.524 bits per heavy atom. The lowest BCUT2D eigenvalue weighted by Crippen LogP contribution is -2.45. The molecule has 0 aliphatic carbocycles. The van der Waals surface area contributed by atoms with Gasteiger partial charge in [0.05, 0.1) is 39.9 Å². The zero-order chi connectivity index (χ0) is 46.4. The van der Waals surface area contributed by atoms with Crippen molar-refractivity contribution in [3.63, 3.8) is 0 Å². The summed E-state index contributed by atoms with van der Waals surface area (Å²) in [6.45, 7) is 4.74. The number of hydrogen-bond acceptors (Lipinski definition) is 5. The topological polar surface area (TPSA) is 105 Å². The van der Waals surface area contributed by atoms with Gasteiger partial charge in [-0.3, -0.25) is 13.8 Å². The molecule has 0 fully saturated rings. The molecule has 0 bridgehead atoms. The lowest BCUT2D eigenvalue weighted by atomic mass is 10.0. The molecular formula is C54H104N2O6P+. The fraction of sp³-hybridized carbons (Fsp3) is 0.833. The number of amides is 1. The highest BCUT2D eigenvalue weighted by atomic mass is 31.2. The predicted molar refractivity (Wildman–Crippen MR) is 272 cm³/mol. The molecule has 0 aromatic carbocycles. The molecule has 0 aliphatic heterocycles. The Balaban J connectivity index is 4.19. The first-order valence-corrected chi connectivity index (χ1v) is 28.0. The number of nitrogens with zero attached hydrogens (tertiary/aromatic N) is 1. The second-order valence-corrected chi connectivity index (χ2v) is 20.7. The van der Waals surface area contributed by atoms with Gasteiger partial charge in [-0.15, -0.1) is 0 Å². The Morgan fingerprint density at radius 3 is 1.32 bits per heavy atom. The number of allylic oxidation sites excluding steroid dienone is 7. The van der Waals surface area contributed by atoms with E-state index in [1.54, 1.807) is 6.08 Å². The lowest BCUT2D eigenvalue weighted by molar-refractivity contribution is -0.870. The maximum absolute atomic E-state index is 12.8. The van der Waals surface area contributed by atoms with E-state index in [0.717, 1.165) is 70.6 Å².